The molecule has 0 saturated heterocycles. The third kappa shape index (κ3) is 4.51. The summed E-state index contributed by atoms with van der Waals surface area (Å²) in [4.78, 5) is 0. The Morgan fingerprint density at radius 1 is 1.33 bits per heavy atom. The molecule has 0 aliphatic heterocycles. The van der Waals surface area contributed by atoms with Gasteiger partial charge in [-0.2, -0.15) is 0 Å². The fourth-order valence-electron chi connectivity index (χ4n) is 2.29. The van der Waals surface area contributed by atoms with Crippen LogP contribution < -0.4 is 5.32 Å². The van der Waals surface area contributed by atoms with E-state index in [1.54, 1.807) is 0 Å². The fourth-order valence-corrected chi connectivity index (χ4v) is 2.78. The molecule has 1 fully saturated rings. The van der Waals surface area contributed by atoms with E-state index in [0.29, 0.717) is 18.0 Å². The second kappa shape index (κ2) is 4.83. The highest BCUT2D eigenvalue weighted by Gasteiger charge is 2.31. The van der Waals surface area contributed by atoms with Gasteiger partial charge in [0.1, 0.15) is 9.84 Å². The van der Waals surface area contributed by atoms with Gasteiger partial charge in [0.15, 0.2) is 0 Å². The predicted molar refractivity (Wildman–Crippen MR) is 63.8 cm³/mol. The number of nitrogens with one attached hydrogen (secondary N) is 1. The summed E-state index contributed by atoms with van der Waals surface area (Å²) in [6.45, 7) is 5.13. The van der Waals surface area contributed by atoms with Crippen molar-refractivity contribution in [2.45, 2.75) is 45.6 Å². The summed E-state index contributed by atoms with van der Waals surface area (Å²) in [7, 11) is -2.82. The molecule has 0 bridgehead atoms. The maximum Gasteiger partial charge on any atom is 0.148 e. The lowest BCUT2D eigenvalue weighted by Gasteiger charge is -2.39. The molecule has 0 aromatic heterocycles. The van der Waals surface area contributed by atoms with Gasteiger partial charge in [-0.1, -0.05) is 26.7 Å². The maximum atomic E-state index is 11.0. The van der Waals surface area contributed by atoms with Crippen LogP contribution in [-0.2, 0) is 9.84 Å². The second-order valence-corrected chi connectivity index (χ2v) is 7.63. The van der Waals surface area contributed by atoms with Crippen molar-refractivity contribution in [2.75, 3.05) is 18.6 Å². The Bertz CT molecular complexity index is 296. The van der Waals surface area contributed by atoms with Gasteiger partial charge in [-0.15, -0.1) is 0 Å². The van der Waals surface area contributed by atoms with Crippen LogP contribution >= 0.6 is 0 Å². The molecular formula is C11H23NO2S. The number of hydrogen-bond acceptors (Lipinski definition) is 3. The lowest BCUT2D eigenvalue weighted by atomic mass is 9.73. The van der Waals surface area contributed by atoms with Crippen LogP contribution in [0.15, 0.2) is 0 Å². The summed E-state index contributed by atoms with van der Waals surface area (Å²) < 4.78 is 22.0. The van der Waals surface area contributed by atoms with Gasteiger partial charge in [-0.05, 0) is 18.3 Å². The molecular weight excluding hydrogens is 210 g/mol. The van der Waals surface area contributed by atoms with Crippen molar-refractivity contribution >= 4 is 9.84 Å². The minimum absolute atomic E-state index is 0.250. The van der Waals surface area contributed by atoms with Gasteiger partial charge in [0.25, 0.3) is 0 Å². The molecule has 0 heterocycles. The molecule has 90 valence electrons. The van der Waals surface area contributed by atoms with Gasteiger partial charge in [0.05, 0.1) is 5.75 Å². The first-order valence-electron chi connectivity index (χ1n) is 5.72. The SMILES string of the molecule is CC1(C)CCCCC1NCCS(C)(=O)=O. The fraction of sp³-hybridized carbons (Fsp3) is 1.00. The third-order valence-electron chi connectivity index (χ3n) is 3.37. The van der Waals surface area contributed by atoms with E-state index in [-0.39, 0.29) is 5.75 Å². The van der Waals surface area contributed by atoms with E-state index in [1.807, 2.05) is 0 Å². The smallest absolute Gasteiger partial charge is 0.148 e. The molecule has 1 aliphatic rings. The molecule has 0 amide bonds. The zero-order valence-corrected chi connectivity index (χ0v) is 10.9. The summed E-state index contributed by atoms with van der Waals surface area (Å²) >= 11 is 0. The summed E-state index contributed by atoms with van der Waals surface area (Å²) in [5, 5.41) is 3.39. The predicted octanol–water partition coefficient (Wildman–Crippen LogP) is 1.59. The van der Waals surface area contributed by atoms with Crippen molar-refractivity contribution in [2.24, 2.45) is 5.41 Å². The molecule has 1 unspecified atom stereocenters. The Balaban J connectivity index is 2.37. The summed E-state index contributed by atoms with van der Waals surface area (Å²) in [6, 6.07) is 0.480. The average Bonchev–Trinajstić information content (AvgIpc) is 2.05. The summed E-state index contributed by atoms with van der Waals surface area (Å²) in [5.74, 6) is 0.250. The number of sulfone groups is 1. The van der Waals surface area contributed by atoms with Crippen molar-refractivity contribution in [1.29, 1.82) is 0 Å². The van der Waals surface area contributed by atoms with E-state index in [1.165, 1.54) is 31.9 Å². The first kappa shape index (κ1) is 13.0. The molecule has 1 atom stereocenters. The summed E-state index contributed by atoms with van der Waals surface area (Å²) in [5.41, 5.74) is 0.315. The largest absolute Gasteiger partial charge is 0.312 e. The maximum absolute atomic E-state index is 11.0. The number of rotatable bonds is 4. The highest BCUT2D eigenvalue weighted by Crippen LogP contribution is 2.35. The van der Waals surface area contributed by atoms with Crippen LogP contribution in [0.1, 0.15) is 39.5 Å². The molecule has 3 nitrogen and oxygen atoms in total. The highest BCUT2D eigenvalue weighted by atomic mass is 32.2. The molecule has 4 heteroatoms. The molecule has 0 aromatic rings. The lowest BCUT2D eigenvalue weighted by Crippen LogP contribution is -2.45. The molecule has 0 spiro atoms. The van der Waals surface area contributed by atoms with Gasteiger partial charge >= 0.3 is 0 Å². The van der Waals surface area contributed by atoms with E-state index in [4.69, 9.17) is 0 Å². The molecule has 1 saturated carbocycles. The number of hydrogen-bond donors (Lipinski definition) is 1. The molecule has 0 aromatic carbocycles. The van der Waals surface area contributed by atoms with Crippen LogP contribution in [0.3, 0.4) is 0 Å². The van der Waals surface area contributed by atoms with Gasteiger partial charge in [-0.3, -0.25) is 0 Å². The lowest BCUT2D eigenvalue weighted by molar-refractivity contribution is 0.170. The molecule has 1 aliphatic carbocycles. The van der Waals surface area contributed by atoms with Crippen molar-refractivity contribution in [3.63, 3.8) is 0 Å². The standard InChI is InChI=1S/C11H23NO2S/c1-11(2)7-5-4-6-10(11)12-8-9-15(3,13)14/h10,12H,4-9H2,1-3H3. The van der Waals surface area contributed by atoms with Crippen molar-refractivity contribution in [3.8, 4) is 0 Å². The van der Waals surface area contributed by atoms with E-state index in [0.717, 1.165) is 0 Å². The molecule has 1 rings (SSSR count). The van der Waals surface area contributed by atoms with E-state index in [2.05, 4.69) is 19.2 Å². The van der Waals surface area contributed by atoms with Crippen LogP contribution in [0.5, 0.6) is 0 Å². The molecule has 1 N–H and O–H groups in total. The Morgan fingerprint density at radius 3 is 2.53 bits per heavy atom. The van der Waals surface area contributed by atoms with E-state index in [9.17, 15) is 8.42 Å². The van der Waals surface area contributed by atoms with Crippen molar-refractivity contribution in [3.05, 3.63) is 0 Å². The first-order valence-corrected chi connectivity index (χ1v) is 7.78. The van der Waals surface area contributed by atoms with Crippen molar-refractivity contribution < 1.29 is 8.42 Å². The minimum atomic E-state index is -2.82. The van der Waals surface area contributed by atoms with Gasteiger partial charge in [-0.25, -0.2) is 8.42 Å². The Hall–Kier alpha value is -0.0900. The highest BCUT2D eigenvalue weighted by molar-refractivity contribution is 7.90. The molecule has 0 radical (unpaired) electrons. The Kier molecular flexibility index (Phi) is 4.18. The second-order valence-electron chi connectivity index (χ2n) is 5.37. The van der Waals surface area contributed by atoms with E-state index < -0.39 is 9.84 Å². The van der Waals surface area contributed by atoms with Crippen LogP contribution in [0.2, 0.25) is 0 Å². The molecule has 15 heavy (non-hydrogen) atoms. The zero-order chi connectivity index (χ0) is 11.5. The van der Waals surface area contributed by atoms with Crippen LogP contribution in [0, 0.1) is 5.41 Å². The minimum Gasteiger partial charge on any atom is -0.312 e. The van der Waals surface area contributed by atoms with Gasteiger partial charge < -0.3 is 5.32 Å². The van der Waals surface area contributed by atoms with Crippen LogP contribution in [0.4, 0.5) is 0 Å². The Morgan fingerprint density at radius 2 is 2.00 bits per heavy atom. The Labute approximate surface area is 93.6 Å². The van der Waals surface area contributed by atoms with E-state index >= 15 is 0 Å². The topological polar surface area (TPSA) is 46.2 Å². The van der Waals surface area contributed by atoms with Crippen molar-refractivity contribution in [1.82, 2.24) is 5.32 Å². The summed E-state index contributed by atoms with van der Waals surface area (Å²) in [6.07, 6.45) is 6.28. The average molecular weight is 233 g/mol. The normalized spacial score (nSPS) is 26.5. The quantitative estimate of drug-likeness (QED) is 0.802. The van der Waals surface area contributed by atoms with Gasteiger partial charge in [0, 0.05) is 18.8 Å². The zero-order valence-electron chi connectivity index (χ0n) is 10.0. The van der Waals surface area contributed by atoms with Crippen LogP contribution in [0.25, 0.3) is 0 Å². The first-order chi connectivity index (χ1) is 6.81. The van der Waals surface area contributed by atoms with Crippen LogP contribution in [-0.4, -0.2) is 33.0 Å². The monoisotopic (exact) mass is 233 g/mol. The third-order valence-corrected chi connectivity index (χ3v) is 4.32. The van der Waals surface area contributed by atoms with Gasteiger partial charge in [0.2, 0.25) is 0 Å².